The third kappa shape index (κ3) is 4.60. The van der Waals surface area contributed by atoms with E-state index in [1.165, 1.54) is 0 Å². The molecule has 0 saturated carbocycles. The number of benzene rings is 1. The number of rotatable bonds is 4. The molecule has 0 aliphatic carbocycles. The number of nitrogens with zero attached hydrogens (tertiary/aromatic N) is 1. The molecule has 0 fully saturated rings. The number of amides is 1. The van der Waals surface area contributed by atoms with Crippen LogP contribution >= 0.6 is 0 Å². The summed E-state index contributed by atoms with van der Waals surface area (Å²) in [6.45, 7) is 5.74. The Morgan fingerprint density at radius 3 is 2.47 bits per heavy atom. The van der Waals surface area contributed by atoms with E-state index in [1.807, 2.05) is 26.8 Å². The van der Waals surface area contributed by atoms with Gasteiger partial charge in [-0.15, -0.1) is 0 Å². The second-order valence-corrected chi connectivity index (χ2v) is 5.30. The molecule has 1 aromatic rings. The Morgan fingerprint density at radius 2 is 2.00 bits per heavy atom. The summed E-state index contributed by atoms with van der Waals surface area (Å²) in [5.74, 6) is 0.359. The van der Waals surface area contributed by atoms with Crippen molar-refractivity contribution in [2.45, 2.75) is 26.8 Å². The third-order valence-electron chi connectivity index (χ3n) is 2.64. The lowest BCUT2D eigenvalue weighted by molar-refractivity contribution is -0.119. The summed E-state index contributed by atoms with van der Waals surface area (Å²) in [5, 5.41) is 11.1. The van der Waals surface area contributed by atoms with Gasteiger partial charge in [0.2, 0.25) is 5.91 Å². The van der Waals surface area contributed by atoms with Gasteiger partial charge in [0.05, 0.1) is 6.04 Å². The smallest absolute Gasteiger partial charge is 0.241 e. The van der Waals surface area contributed by atoms with Gasteiger partial charge in [-0.1, -0.05) is 20.8 Å². The predicted octanol–water partition coefficient (Wildman–Crippen LogP) is 1.90. The van der Waals surface area contributed by atoms with Crippen molar-refractivity contribution in [2.75, 3.05) is 11.9 Å². The van der Waals surface area contributed by atoms with Gasteiger partial charge in [-0.05, 0) is 29.7 Å². The summed E-state index contributed by atoms with van der Waals surface area (Å²) < 4.78 is 5.12. The quantitative estimate of drug-likeness (QED) is 0.866. The molecule has 1 atom stereocenters. The maximum absolute atomic E-state index is 11.9. The van der Waals surface area contributed by atoms with E-state index in [0.29, 0.717) is 11.4 Å². The number of hydrogen-bond donors (Lipinski definition) is 2. The molecule has 0 unspecified atom stereocenters. The first kappa shape index (κ1) is 15.0. The Kier molecular flexibility index (Phi) is 4.90. The van der Waals surface area contributed by atoms with Gasteiger partial charge in [-0.2, -0.15) is 5.26 Å². The van der Waals surface area contributed by atoms with Crippen molar-refractivity contribution in [3.8, 4) is 11.8 Å². The zero-order valence-corrected chi connectivity index (χ0v) is 11.4. The SMILES string of the molecule is CC(C)(C)[C@@H](N)C(=O)Nc1ccc(OCC#N)cc1. The lowest BCUT2D eigenvalue weighted by atomic mass is 9.87. The van der Waals surface area contributed by atoms with Crippen LogP contribution in [0.3, 0.4) is 0 Å². The average molecular weight is 261 g/mol. The molecule has 0 aliphatic rings. The number of anilines is 1. The average Bonchev–Trinajstić information content (AvgIpc) is 2.36. The highest BCUT2D eigenvalue weighted by atomic mass is 16.5. The van der Waals surface area contributed by atoms with Crippen LogP contribution in [-0.2, 0) is 4.79 Å². The molecule has 19 heavy (non-hydrogen) atoms. The minimum atomic E-state index is -0.581. The molecule has 0 bridgehead atoms. The molecule has 0 saturated heterocycles. The maximum atomic E-state index is 11.9. The molecule has 1 amide bonds. The fourth-order valence-corrected chi connectivity index (χ4v) is 1.36. The maximum Gasteiger partial charge on any atom is 0.241 e. The number of nitriles is 1. The summed E-state index contributed by atoms with van der Waals surface area (Å²) in [6, 6.07) is 8.10. The second kappa shape index (κ2) is 6.21. The van der Waals surface area contributed by atoms with Gasteiger partial charge in [0.1, 0.15) is 11.8 Å². The molecule has 5 nitrogen and oxygen atoms in total. The van der Waals surface area contributed by atoms with E-state index in [2.05, 4.69) is 5.32 Å². The predicted molar refractivity (Wildman–Crippen MR) is 73.6 cm³/mol. The van der Waals surface area contributed by atoms with Crippen LogP contribution in [0.4, 0.5) is 5.69 Å². The van der Waals surface area contributed by atoms with Gasteiger partial charge in [0.25, 0.3) is 0 Å². The van der Waals surface area contributed by atoms with E-state index < -0.39 is 6.04 Å². The number of hydrogen-bond acceptors (Lipinski definition) is 4. The fourth-order valence-electron chi connectivity index (χ4n) is 1.36. The van der Waals surface area contributed by atoms with Crippen LogP contribution in [0.2, 0.25) is 0 Å². The molecule has 0 aromatic heterocycles. The van der Waals surface area contributed by atoms with Crippen LogP contribution in [0.15, 0.2) is 24.3 Å². The molecule has 3 N–H and O–H groups in total. The van der Waals surface area contributed by atoms with Crippen LogP contribution in [-0.4, -0.2) is 18.6 Å². The van der Waals surface area contributed by atoms with Gasteiger partial charge in [-0.25, -0.2) is 0 Å². The fraction of sp³-hybridized carbons (Fsp3) is 0.429. The lowest BCUT2D eigenvalue weighted by Gasteiger charge is -2.25. The van der Waals surface area contributed by atoms with Crippen molar-refractivity contribution in [3.05, 3.63) is 24.3 Å². The van der Waals surface area contributed by atoms with Crippen molar-refractivity contribution >= 4 is 11.6 Å². The molecular formula is C14H19N3O2. The van der Waals surface area contributed by atoms with Crippen molar-refractivity contribution in [1.29, 1.82) is 5.26 Å². The third-order valence-corrected chi connectivity index (χ3v) is 2.64. The van der Waals surface area contributed by atoms with Crippen LogP contribution < -0.4 is 15.8 Å². The van der Waals surface area contributed by atoms with Crippen LogP contribution in [0, 0.1) is 16.7 Å². The van der Waals surface area contributed by atoms with Gasteiger partial charge in [0, 0.05) is 5.69 Å². The molecule has 0 aliphatic heterocycles. The van der Waals surface area contributed by atoms with Crippen molar-refractivity contribution in [2.24, 2.45) is 11.1 Å². The van der Waals surface area contributed by atoms with Crippen molar-refractivity contribution in [1.82, 2.24) is 0 Å². The number of carbonyl (C=O) groups is 1. The summed E-state index contributed by atoms with van der Waals surface area (Å²) in [5.41, 5.74) is 6.22. The molecule has 102 valence electrons. The largest absolute Gasteiger partial charge is 0.479 e. The monoisotopic (exact) mass is 261 g/mol. The number of nitrogens with one attached hydrogen (secondary N) is 1. The lowest BCUT2D eigenvalue weighted by Crippen LogP contribution is -2.45. The minimum Gasteiger partial charge on any atom is -0.479 e. The summed E-state index contributed by atoms with van der Waals surface area (Å²) in [7, 11) is 0. The molecular weight excluding hydrogens is 242 g/mol. The normalized spacial score (nSPS) is 12.4. The highest BCUT2D eigenvalue weighted by molar-refractivity contribution is 5.95. The molecule has 0 heterocycles. The Hall–Kier alpha value is -2.06. The van der Waals surface area contributed by atoms with E-state index >= 15 is 0 Å². The number of carbonyl (C=O) groups excluding carboxylic acids is 1. The van der Waals surface area contributed by atoms with Gasteiger partial charge < -0.3 is 15.8 Å². The van der Waals surface area contributed by atoms with Crippen LogP contribution in [0.1, 0.15) is 20.8 Å². The van der Waals surface area contributed by atoms with Crippen molar-refractivity contribution in [3.63, 3.8) is 0 Å². The minimum absolute atomic E-state index is 0.000599. The first-order chi connectivity index (χ1) is 8.84. The topological polar surface area (TPSA) is 88.1 Å². The Balaban J connectivity index is 2.63. The van der Waals surface area contributed by atoms with Gasteiger partial charge in [-0.3, -0.25) is 4.79 Å². The summed E-state index contributed by atoms with van der Waals surface area (Å²) >= 11 is 0. The Morgan fingerprint density at radius 1 is 1.42 bits per heavy atom. The standard InChI is InChI=1S/C14H19N3O2/c1-14(2,3)12(16)13(18)17-10-4-6-11(7-5-10)19-9-8-15/h4-7,12H,9,16H2,1-3H3,(H,17,18)/t12-/m0/s1. The first-order valence-electron chi connectivity index (χ1n) is 6.01. The molecule has 1 aromatic carbocycles. The Labute approximate surface area is 113 Å². The van der Waals surface area contributed by atoms with Crippen molar-refractivity contribution < 1.29 is 9.53 Å². The van der Waals surface area contributed by atoms with E-state index in [-0.39, 0.29) is 17.9 Å². The van der Waals surface area contributed by atoms with E-state index in [0.717, 1.165) is 0 Å². The summed E-state index contributed by atoms with van der Waals surface area (Å²) in [4.78, 5) is 11.9. The molecule has 0 radical (unpaired) electrons. The van der Waals surface area contributed by atoms with Crippen LogP contribution in [0.25, 0.3) is 0 Å². The first-order valence-corrected chi connectivity index (χ1v) is 6.01. The van der Waals surface area contributed by atoms with E-state index in [1.54, 1.807) is 24.3 Å². The van der Waals surface area contributed by atoms with Gasteiger partial charge in [0.15, 0.2) is 6.61 Å². The second-order valence-electron chi connectivity index (χ2n) is 5.30. The number of ether oxygens (including phenoxy) is 1. The Bertz CT molecular complexity index is 469. The highest BCUT2D eigenvalue weighted by Crippen LogP contribution is 2.20. The zero-order valence-electron chi connectivity index (χ0n) is 11.4. The molecule has 0 spiro atoms. The van der Waals surface area contributed by atoms with Gasteiger partial charge >= 0.3 is 0 Å². The summed E-state index contributed by atoms with van der Waals surface area (Å²) in [6.07, 6.45) is 0. The molecule has 1 rings (SSSR count). The molecule has 5 heteroatoms. The number of nitrogens with two attached hydrogens (primary N) is 1. The van der Waals surface area contributed by atoms with E-state index in [4.69, 9.17) is 15.7 Å². The van der Waals surface area contributed by atoms with Crippen LogP contribution in [0.5, 0.6) is 5.75 Å². The van der Waals surface area contributed by atoms with E-state index in [9.17, 15) is 4.79 Å². The highest BCUT2D eigenvalue weighted by Gasteiger charge is 2.27. The zero-order chi connectivity index (χ0) is 14.5.